The van der Waals surface area contributed by atoms with Crippen LogP contribution in [0.15, 0.2) is 36.8 Å². The molecule has 2 heterocycles. The van der Waals surface area contributed by atoms with Crippen molar-refractivity contribution in [3.8, 4) is 0 Å². The van der Waals surface area contributed by atoms with Crippen molar-refractivity contribution in [1.29, 1.82) is 5.41 Å². The van der Waals surface area contributed by atoms with Crippen LogP contribution < -0.4 is 5.32 Å². The van der Waals surface area contributed by atoms with Crippen LogP contribution in [0.4, 0.5) is 0 Å². The van der Waals surface area contributed by atoms with Crippen LogP contribution in [0, 0.1) is 17.2 Å². The van der Waals surface area contributed by atoms with Crippen LogP contribution in [-0.4, -0.2) is 33.4 Å². The third kappa shape index (κ3) is 2.91. The van der Waals surface area contributed by atoms with Crippen LogP contribution in [0.1, 0.15) is 31.4 Å². The van der Waals surface area contributed by atoms with E-state index in [-0.39, 0.29) is 6.61 Å². The highest BCUT2D eigenvalue weighted by Crippen LogP contribution is 2.36. The first kappa shape index (κ1) is 15.3. The molecule has 0 amide bonds. The van der Waals surface area contributed by atoms with Gasteiger partial charge in [-0.1, -0.05) is 6.07 Å². The monoisotopic (exact) mass is 322 g/mol. The quantitative estimate of drug-likeness (QED) is 0.714. The molecule has 0 spiro atoms. The molecule has 0 atom stereocenters. The first-order valence-corrected chi connectivity index (χ1v) is 8.62. The van der Waals surface area contributed by atoms with E-state index in [0.29, 0.717) is 23.6 Å². The van der Waals surface area contributed by atoms with Gasteiger partial charge >= 0.3 is 0 Å². The molecule has 0 saturated heterocycles. The molecule has 0 aliphatic heterocycles. The number of pyridine rings is 2. The normalized spacial score (nSPS) is 23.8. The number of aliphatic hydroxyl groups excluding tert-OH is 1. The van der Waals surface area contributed by atoms with Crippen molar-refractivity contribution in [2.24, 2.45) is 11.8 Å². The number of aliphatic hydroxyl groups is 1. The summed E-state index contributed by atoms with van der Waals surface area (Å²) in [6.07, 6.45) is 9.66. The fourth-order valence-electron chi connectivity index (χ4n) is 3.29. The lowest BCUT2D eigenvalue weighted by atomic mass is 9.81. The van der Waals surface area contributed by atoms with Crippen LogP contribution >= 0.6 is 0 Å². The lowest BCUT2D eigenvalue weighted by Crippen LogP contribution is -2.40. The van der Waals surface area contributed by atoms with Gasteiger partial charge in [0.1, 0.15) is 0 Å². The molecule has 2 aliphatic carbocycles. The zero-order chi connectivity index (χ0) is 16.5. The Morgan fingerprint density at radius 2 is 2.08 bits per heavy atom. The highest BCUT2D eigenvalue weighted by Gasteiger charge is 2.31. The summed E-state index contributed by atoms with van der Waals surface area (Å²) in [6.45, 7) is 0.265. The molecule has 2 aromatic heterocycles. The summed E-state index contributed by atoms with van der Waals surface area (Å²) in [5.74, 6) is 0.768. The molecule has 124 valence electrons. The predicted octanol–water partition coefficient (Wildman–Crippen LogP) is 2.76. The third-order valence-corrected chi connectivity index (χ3v) is 5.01. The van der Waals surface area contributed by atoms with Crippen LogP contribution in [-0.2, 0) is 0 Å². The molecule has 0 radical (unpaired) electrons. The largest absolute Gasteiger partial charge is 0.396 e. The van der Waals surface area contributed by atoms with Crippen molar-refractivity contribution >= 4 is 22.2 Å². The molecule has 2 fully saturated rings. The Hall–Kier alpha value is -2.27. The Morgan fingerprint density at radius 3 is 2.83 bits per heavy atom. The van der Waals surface area contributed by atoms with Gasteiger partial charge in [-0.25, -0.2) is 0 Å². The minimum atomic E-state index is 0.265. The second-order valence-corrected chi connectivity index (χ2v) is 6.86. The molecule has 2 aliphatic rings. The van der Waals surface area contributed by atoms with Gasteiger partial charge in [0.25, 0.3) is 0 Å². The SMILES string of the molecule is N=C(/C(=C\N[C@H]1C[C@H](CO)C1)c1nccc2cccnc12)C1CC1. The molecule has 2 saturated carbocycles. The van der Waals surface area contributed by atoms with E-state index in [4.69, 9.17) is 10.5 Å². The Kier molecular flexibility index (Phi) is 4.02. The Morgan fingerprint density at radius 1 is 1.25 bits per heavy atom. The maximum Gasteiger partial charge on any atom is 0.0997 e. The van der Waals surface area contributed by atoms with E-state index in [0.717, 1.165) is 47.9 Å². The minimum absolute atomic E-state index is 0.265. The maximum atomic E-state index is 9.15. The second-order valence-electron chi connectivity index (χ2n) is 6.86. The summed E-state index contributed by atoms with van der Waals surface area (Å²) in [7, 11) is 0. The zero-order valence-corrected chi connectivity index (χ0v) is 13.6. The first-order chi connectivity index (χ1) is 11.8. The summed E-state index contributed by atoms with van der Waals surface area (Å²) in [6, 6.07) is 6.28. The van der Waals surface area contributed by atoms with Gasteiger partial charge in [0.2, 0.25) is 0 Å². The fraction of sp³-hybridized carbons (Fsp3) is 0.421. The van der Waals surface area contributed by atoms with E-state index in [1.54, 1.807) is 12.4 Å². The van der Waals surface area contributed by atoms with Crippen LogP contribution in [0.2, 0.25) is 0 Å². The van der Waals surface area contributed by atoms with E-state index in [1.165, 1.54) is 0 Å². The van der Waals surface area contributed by atoms with Gasteiger partial charge in [0.05, 0.1) is 11.2 Å². The average molecular weight is 322 g/mol. The van der Waals surface area contributed by atoms with Gasteiger partial charge in [-0.05, 0) is 43.7 Å². The van der Waals surface area contributed by atoms with Gasteiger partial charge in [0.15, 0.2) is 0 Å². The standard InChI is InChI=1S/C19H22N4O/c20-17(13-3-4-13)16(10-23-15-8-12(9-15)11-24)19-18-14(5-7-22-19)2-1-6-21-18/h1-2,5-7,10,12-13,15,20,23-24H,3-4,8-9,11H2/b16-10+,20-17?/t12-,15-. The van der Waals surface area contributed by atoms with Crippen LogP contribution in [0.3, 0.4) is 0 Å². The fourth-order valence-corrected chi connectivity index (χ4v) is 3.29. The zero-order valence-electron chi connectivity index (χ0n) is 13.6. The lowest BCUT2D eigenvalue weighted by molar-refractivity contribution is 0.133. The summed E-state index contributed by atoms with van der Waals surface area (Å²) < 4.78 is 0. The smallest absolute Gasteiger partial charge is 0.0997 e. The van der Waals surface area contributed by atoms with E-state index in [1.807, 2.05) is 24.4 Å². The van der Waals surface area contributed by atoms with Crippen molar-refractivity contribution in [3.05, 3.63) is 42.5 Å². The topological polar surface area (TPSA) is 81.9 Å². The molecule has 3 N–H and O–H groups in total. The summed E-state index contributed by atoms with van der Waals surface area (Å²) in [4.78, 5) is 9.03. The van der Waals surface area contributed by atoms with Crippen molar-refractivity contribution in [2.45, 2.75) is 31.7 Å². The highest BCUT2D eigenvalue weighted by atomic mass is 16.3. The number of hydrogen-bond acceptors (Lipinski definition) is 5. The molecule has 0 aromatic carbocycles. The minimum Gasteiger partial charge on any atom is -0.396 e. The Bertz CT molecular complexity index is 786. The van der Waals surface area contributed by atoms with Gasteiger partial charge in [0, 0.05) is 53.8 Å². The van der Waals surface area contributed by atoms with Gasteiger partial charge in [-0.15, -0.1) is 0 Å². The molecule has 24 heavy (non-hydrogen) atoms. The van der Waals surface area contributed by atoms with Crippen molar-refractivity contribution in [3.63, 3.8) is 0 Å². The highest BCUT2D eigenvalue weighted by molar-refractivity contribution is 6.25. The second kappa shape index (κ2) is 6.32. The summed E-state index contributed by atoms with van der Waals surface area (Å²) >= 11 is 0. The summed E-state index contributed by atoms with van der Waals surface area (Å²) in [5.41, 5.74) is 3.15. The molecular formula is C19H22N4O. The lowest BCUT2D eigenvalue weighted by Gasteiger charge is -2.34. The molecule has 0 bridgehead atoms. The maximum absolute atomic E-state index is 9.15. The van der Waals surface area contributed by atoms with Gasteiger partial charge in [-0.3, -0.25) is 9.97 Å². The van der Waals surface area contributed by atoms with Crippen molar-refractivity contribution in [2.75, 3.05) is 6.61 Å². The number of aromatic nitrogens is 2. The number of nitrogens with zero attached hydrogens (tertiary/aromatic N) is 2. The van der Waals surface area contributed by atoms with Crippen molar-refractivity contribution in [1.82, 2.24) is 15.3 Å². The van der Waals surface area contributed by atoms with E-state index >= 15 is 0 Å². The molecule has 5 heteroatoms. The van der Waals surface area contributed by atoms with Gasteiger partial charge < -0.3 is 15.8 Å². The number of hydrogen-bond donors (Lipinski definition) is 3. The summed E-state index contributed by atoms with van der Waals surface area (Å²) in [5, 5.41) is 22.2. The molecule has 5 nitrogen and oxygen atoms in total. The number of fused-ring (bicyclic) bond motifs is 1. The average Bonchev–Trinajstić information content (AvgIpc) is 3.41. The molecule has 2 aromatic rings. The first-order valence-electron chi connectivity index (χ1n) is 8.62. The van der Waals surface area contributed by atoms with E-state index in [9.17, 15) is 0 Å². The van der Waals surface area contributed by atoms with Crippen LogP contribution in [0.5, 0.6) is 0 Å². The van der Waals surface area contributed by atoms with E-state index < -0.39 is 0 Å². The number of allylic oxidation sites excluding steroid dienone is 1. The molecule has 4 rings (SSSR count). The van der Waals surface area contributed by atoms with E-state index in [2.05, 4.69) is 15.3 Å². The molecule has 0 unspecified atom stereocenters. The van der Waals surface area contributed by atoms with Crippen molar-refractivity contribution < 1.29 is 5.11 Å². The number of nitrogens with one attached hydrogen (secondary N) is 2. The third-order valence-electron chi connectivity index (χ3n) is 5.01. The molecular weight excluding hydrogens is 300 g/mol. The van der Waals surface area contributed by atoms with Gasteiger partial charge in [-0.2, -0.15) is 0 Å². The number of rotatable bonds is 6. The predicted molar refractivity (Wildman–Crippen MR) is 94.7 cm³/mol. The Balaban J connectivity index is 1.66. The van der Waals surface area contributed by atoms with Crippen LogP contribution in [0.25, 0.3) is 16.5 Å². The Labute approximate surface area is 141 Å².